The number of benzene rings is 2. The maximum absolute atomic E-state index is 14.0. The lowest BCUT2D eigenvalue weighted by molar-refractivity contribution is -0.151. The number of carbonyl (C=O) groups excluding carboxylic acids is 5. The summed E-state index contributed by atoms with van der Waals surface area (Å²) >= 11 is 0. The van der Waals surface area contributed by atoms with Crippen LogP contribution in [0.1, 0.15) is 64.6 Å². The molecule has 0 spiro atoms. The van der Waals surface area contributed by atoms with Crippen LogP contribution in [-0.4, -0.2) is 87.7 Å². The fourth-order valence-corrected chi connectivity index (χ4v) is 5.41. The van der Waals surface area contributed by atoms with Crippen molar-refractivity contribution < 1.29 is 38.2 Å². The van der Waals surface area contributed by atoms with E-state index in [9.17, 15) is 24.0 Å². The maximum Gasteiger partial charge on any atom is 0.408 e. The van der Waals surface area contributed by atoms with E-state index in [-0.39, 0.29) is 24.9 Å². The van der Waals surface area contributed by atoms with Gasteiger partial charge in [0.1, 0.15) is 29.3 Å². The number of nitrogens with one attached hydrogen (secondary N) is 3. The monoisotopic (exact) mass is 690 g/mol. The van der Waals surface area contributed by atoms with E-state index in [4.69, 9.17) is 14.2 Å². The number of alkyl carbamates (subject to hydrolysis) is 1. The van der Waals surface area contributed by atoms with Crippen LogP contribution in [0, 0.1) is 0 Å². The predicted octanol–water partition coefficient (Wildman–Crippen LogP) is 3.58. The number of methoxy groups -OCH3 is 1. The number of hydrogen-bond acceptors (Lipinski definition) is 9. The second-order valence-electron chi connectivity index (χ2n) is 13.5. The van der Waals surface area contributed by atoms with E-state index in [2.05, 4.69) is 20.9 Å². The van der Waals surface area contributed by atoms with E-state index in [1.165, 1.54) is 38.4 Å². The minimum absolute atomic E-state index is 0.114. The summed E-state index contributed by atoms with van der Waals surface area (Å²) in [6.07, 6.45) is 3.28. The molecule has 14 heteroatoms. The van der Waals surface area contributed by atoms with E-state index >= 15 is 0 Å². The van der Waals surface area contributed by atoms with Crippen molar-refractivity contribution in [1.82, 2.24) is 25.1 Å². The molecule has 50 heavy (non-hydrogen) atoms. The van der Waals surface area contributed by atoms with Crippen LogP contribution in [0.15, 0.2) is 73.2 Å². The van der Waals surface area contributed by atoms with Crippen molar-refractivity contribution in [1.29, 1.82) is 0 Å². The minimum atomic E-state index is -1.46. The van der Waals surface area contributed by atoms with Crippen molar-refractivity contribution in [3.63, 3.8) is 0 Å². The van der Waals surface area contributed by atoms with Gasteiger partial charge in [-0.05, 0) is 58.6 Å². The molecule has 0 bridgehead atoms. The van der Waals surface area contributed by atoms with Gasteiger partial charge in [-0.15, -0.1) is 0 Å². The van der Waals surface area contributed by atoms with Crippen LogP contribution in [0.5, 0.6) is 0 Å². The van der Waals surface area contributed by atoms with E-state index in [0.717, 1.165) is 5.56 Å². The third kappa shape index (κ3) is 10.1. The third-order valence-electron chi connectivity index (χ3n) is 7.91. The normalized spacial score (nSPS) is 15.8. The van der Waals surface area contributed by atoms with Gasteiger partial charge in [0.05, 0.1) is 26.7 Å². The molecule has 1 saturated heterocycles. The molecular formula is C36H46N6O8. The standard InChI is InChI=1S/C36H46N6O8/c1-35(2,3)50-34(47)40-36(4,5)33(46)38-26(22-49-21-24-14-9-7-10-15-24)30(43)39-28-20-41(23-37-28)29(25-16-11-8-12-17-25)31(44)42-19-13-18-27(42)32(45)48-6/h7-12,14-17,20,23,26-27,29H,13,18-19,21-22H2,1-6H3,(H,38,46)(H,39,43)(H,40,47)/t26-,27-,29?/m1/s1. The van der Waals surface area contributed by atoms with Crippen molar-refractivity contribution in [2.24, 2.45) is 0 Å². The number of esters is 1. The summed E-state index contributed by atoms with van der Waals surface area (Å²) in [5.41, 5.74) is -0.715. The largest absolute Gasteiger partial charge is 0.467 e. The zero-order valence-corrected chi connectivity index (χ0v) is 29.3. The molecule has 1 aliphatic heterocycles. The second kappa shape index (κ2) is 16.4. The van der Waals surface area contributed by atoms with Gasteiger partial charge < -0.3 is 39.6 Å². The Bertz CT molecular complexity index is 1640. The van der Waals surface area contributed by atoms with Gasteiger partial charge in [0.25, 0.3) is 11.8 Å². The van der Waals surface area contributed by atoms with Crippen LogP contribution in [0.3, 0.4) is 0 Å². The van der Waals surface area contributed by atoms with Crippen LogP contribution in [0.4, 0.5) is 10.6 Å². The summed E-state index contributed by atoms with van der Waals surface area (Å²) in [6, 6.07) is 15.6. The van der Waals surface area contributed by atoms with Crippen molar-refractivity contribution >= 4 is 35.6 Å². The maximum atomic E-state index is 14.0. The van der Waals surface area contributed by atoms with E-state index in [1.54, 1.807) is 49.6 Å². The predicted molar refractivity (Wildman–Crippen MR) is 184 cm³/mol. The quantitative estimate of drug-likeness (QED) is 0.227. The van der Waals surface area contributed by atoms with Crippen molar-refractivity contribution in [2.75, 3.05) is 25.6 Å². The number of nitrogens with zero attached hydrogens (tertiary/aromatic N) is 3. The molecule has 1 fully saturated rings. The fraction of sp³-hybridized carbons (Fsp3) is 0.444. The third-order valence-corrected chi connectivity index (χ3v) is 7.91. The Balaban J connectivity index is 1.53. The molecule has 0 aliphatic carbocycles. The molecule has 1 unspecified atom stereocenters. The molecule has 3 atom stereocenters. The Kier molecular flexibility index (Phi) is 12.4. The summed E-state index contributed by atoms with van der Waals surface area (Å²) in [5.74, 6) is -1.98. The molecule has 1 aromatic heterocycles. The van der Waals surface area contributed by atoms with Gasteiger partial charge in [0, 0.05) is 12.7 Å². The summed E-state index contributed by atoms with van der Waals surface area (Å²) in [6.45, 7) is 8.45. The second-order valence-corrected chi connectivity index (χ2v) is 13.5. The minimum Gasteiger partial charge on any atom is -0.467 e. The number of anilines is 1. The van der Waals surface area contributed by atoms with Crippen molar-refractivity contribution in [2.45, 2.75) is 83.3 Å². The Morgan fingerprint density at radius 3 is 2.26 bits per heavy atom. The summed E-state index contributed by atoms with van der Waals surface area (Å²) < 4.78 is 17.6. The fourth-order valence-electron chi connectivity index (χ4n) is 5.41. The van der Waals surface area contributed by atoms with Crippen LogP contribution >= 0.6 is 0 Å². The highest BCUT2D eigenvalue weighted by Gasteiger charge is 2.39. The number of carbonyl (C=O) groups is 5. The average Bonchev–Trinajstić information content (AvgIpc) is 3.74. The van der Waals surface area contributed by atoms with E-state index in [0.29, 0.717) is 24.9 Å². The number of rotatable bonds is 13. The zero-order chi connectivity index (χ0) is 36.5. The molecule has 3 N–H and O–H groups in total. The van der Waals surface area contributed by atoms with Gasteiger partial charge in [-0.3, -0.25) is 14.4 Å². The Morgan fingerprint density at radius 1 is 0.960 bits per heavy atom. The number of imidazole rings is 1. The molecule has 2 heterocycles. The van der Waals surface area contributed by atoms with E-state index in [1.807, 2.05) is 36.4 Å². The summed E-state index contributed by atoms with van der Waals surface area (Å²) in [7, 11) is 1.30. The van der Waals surface area contributed by atoms with Gasteiger partial charge in [-0.1, -0.05) is 60.7 Å². The molecule has 1 aliphatic rings. The molecule has 0 saturated carbocycles. The summed E-state index contributed by atoms with van der Waals surface area (Å²) in [4.78, 5) is 71.8. The van der Waals surface area contributed by atoms with Crippen LogP contribution in [-0.2, 0) is 40.0 Å². The van der Waals surface area contributed by atoms with Crippen LogP contribution in [0.2, 0.25) is 0 Å². The van der Waals surface area contributed by atoms with Crippen molar-refractivity contribution in [3.05, 3.63) is 84.3 Å². The molecule has 3 aromatic rings. The lowest BCUT2D eigenvalue weighted by Crippen LogP contribution is -2.59. The number of hydrogen-bond donors (Lipinski definition) is 3. The molecule has 14 nitrogen and oxygen atoms in total. The first-order chi connectivity index (χ1) is 23.7. The first kappa shape index (κ1) is 37.6. The Morgan fingerprint density at radius 2 is 1.62 bits per heavy atom. The molecule has 4 rings (SSSR count). The van der Waals surface area contributed by atoms with Crippen molar-refractivity contribution in [3.8, 4) is 0 Å². The highest BCUT2D eigenvalue weighted by Crippen LogP contribution is 2.28. The molecule has 4 amide bonds. The first-order valence-corrected chi connectivity index (χ1v) is 16.4. The average molecular weight is 691 g/mol. The van der Waals surface area contributed by atoms with Gasteiger partial charge in [0.15, 0.2) is 5.82 Å². The topological polar surface area (TPSA) is 170 Å². The van der Waals surface area contributed by atoms with Gasteiger partial charge in [0.2, 0.25) is 5.91 Å². The lowest BCUT2D eigenvalue weighted by Gasteiger charge is -2.29. The van der Waals surface area contributed by atoms with Gasteiger partial charge >= 0.3 is 12.1 Å². The van der Waals surface area contributed by atoms with E-state index < -0.39 is 53.1 Å². The summed E-state index contributed by atoms with van der Waals surface area (Å²) in [5, 5.41) is 7.93. The SMILES string of the molecule is COC(=O)[C@H]1CCCN1C(=O)C(c1ccccc1)n1cnc(NC(=O)[C@@H](COCc2ccccc2)NC(=O)C(C)(C)NC(=O)OC(C)(C)C)c1. The van der Waals surface area contributed by atoms with Crippen LogP contribution < -0.4 is 16.0 Å². The lowest BCUT2D eigenvalue weighted by atomic mass is 10.0. The molecule has 268 valence electrons. The molecule has 2 aromatic carbocycles. The van der Waals surface area contributed by atoms with Crippen LogP contribution in [0.25, 0.3) is 0 Å². The van der Waals surface area contributed by atoms with Gasteiger partial charge in [-0.2, -0.15) is 0 Å². The highest BCUT2D eigenvalue weighted by molar-refractivity contribution is 5.98. The number of ether oxygens (including phenoxy) is 3. The molecule has 0 radical (unpaired) electrons. The number of amides is 4. The van der Waals surface area contributed by atoms with Gasteiger partial charge in [-0.25, -0.2) is 14.6 Å². The molecular weight excluding hydrogens is 644 g/mol. The number of aromatic nitrogens is 2. The zero-order valence-electron chi connectivity index (χ0n) is 29.3. The highest BCUT2D eigenvalue weighted by atomic mass is 16.6. The Labute approximate surface area is 291 Å². The smallest absolute Gasteiger partial charge is 0.408 e. The first-order valence-electron chi connectivity index (χ1n) is 16.4. The number of likely N-dealkylation sites (tertiary alicyclic amines) is 1. The Hall–Kier alpha value is -5.24.